The Morgan fingerprint density at radius 1 is 1.57 bits per heavy atom. The zero-order valence-corrected chi connectivity index (χ0v) is 13.9. The molecule has 0 aliphatic carbocycles. The van der Waals surface area contributed by atoms with Crippen molar-refractivity contribution in [2.24, 2.45) is 5.92 Å². The van der Waals surface area contributed by atoms with E-state index in [4.69, 9.17) is 10.5 Å². The van der Waals surface area contributed by atoms with Crippen molar-refractivity contribution in [3.05, 3.63) is 11.1 Å². The molecule has 0 spiro atoms. The zero-order valence-electron chi connectivity index (χ0n) is 13.0. The molecule has 1 aliphatic rings. The van der Waals surface area contributed by atoms with Gasteiger partial charge in [-0.1, -0.05) is 33.6 Å². The van der Waals surface area contributed by atoms with Gasteiger partial charge in [-0.05, 0) is 12.3 Å². The number of carbonyl (C=O) groups excluding carboxylic acids is 1. The van der Waals surface area contributed by atoms with Gasteiger partial charge in [-0.3, -0.25) is 4.79 Å². The summed E-state index contributed by atoms with van der Waals surface area (Å²) in [4.78, 5) is 18.5. The van der Waals surface area contributed by atoms with E-state index in [2.05, 4.69) is 25.8 Å². The highest BCUT2D eigenvalue weighted by atomic mass is 32.1. The van der Waals surface area contributed by atoms with Gasteiger partial charge in [0.15, 0.2) is 5.13 Å². The van der Waals surface area contributed by atoms with Gasteiger partial charge in [-0.2, -0.15) is 0 Å². The van der Waals surface area contributed by atoms with Gasteiger partial charge in [0, 0.05) is 18.5 Å². The Morgan fingerprint density at radius 3 is 2.90 bits per heavy atom. The van der Waals surface area contributed by atoms with Gasteiger partial charge in [0.2, 0.25) is 0 Å². The second-order valence-corrected chi connectivity index (χ2v) is 6.85. The lowest BCUT2D eigenvalue weighted by molar-refractivity contribution is -0.0963. The predicted octanol–water partition coefficient (Wildman–Crippen LogP) is 2.78. The molecule has 0 saturated carbocycles. The minimum Gasteiger partial charge on any atom is -0.375 e. The molecule has 118 valence electrons. The van der Waals surface area contributed by atoms with E-state index in [1.54, 1.807) is 5.38 Å². The summed E-state index contributed by atoms with van der Waals surface area (Å²) in [5, 5.41) is 2.17. The van der Waals surface area contributed by atoms with Gasteiger partial charge >= 0.3 is 0 Å². The second kappa shape index (κ2) is 7.22. The van der Waals surface area contributed by atoms with E-state index in [-0.39, 0.29) is 18.1 Å². The highest BCUT2D eigenvalue weighted by molar-refractivity contribution is 7.13. The highest BCUT2D eigenvalue weighted by Crippen LogP contribution is 2.23. The molecule has 1 fully saturated rings. The van der Waals surface area contributed by atoms with Crippen LogP contribution in [0.15, 0.2) is 5.38 Å². The molecule has 6 heteroatoms. The minimum absolute atomic E-state index is 0.0293. The van der Waals surface area contributed by atoms with Crippen molar-refractivity contribution in [1.29, 1.82) is 0 Å². The van der Waals surface area contributed by atoms with Crippen molar-refractivity contribution >= 4 is 22.4 Å². The first-order valence-corrected chi connectivity index (χ1v) is 8.55. The lowest BCUT2D eigenvalue weighted by Crippen LogP contribution is -2.51. The van der Waals surface area contributed by atoms with E-state index in [0.717, 1.165) is 19.3 Å². The lowest BCUT2D eigenvalue weighted by Gasteiger charge is -2.39. The monoisotopic (exact) mass is 311 g/mol. The van der Waals surface area contributed by atoms with Gasteiger partial charge < -0.3 is 15.4 Å². The number of rotatable bonds is 5. The number of nitrogens with zero attached hydrogens (tertiary/aromatic N) is 2. The van der Waals surface area contributed by atoms with E-state index in [1.807, 2.05) is 4.90 Å². The third-order valence-electron chi connectivity index (χ3n) is 3.84. The van der Waals surface area contributed by atoms with Crippen LogP contribution in [0.25, 0.3) is 0 Å². The molecule has 1 amide bonds. The lowest BCUT2D eigenvalue weighted by atomic mass is 10.0. The molecular formula is C15H25N3O2S. The van der Waals surface area contributed by atoms with Crippen LogP contribution in [0.5, 0.6) is 0 Å². The van der Waals surface area contributed by atoms with E-state index in [0.29, 0.717) is 29.8 Å². The zero-order chi connectivity index (χ0) is 15.4. The Morgan fingerprint density at radius 2 is 2.33 bits per heavy atom. The SMILES string of the molecule is CCCC[C@@H]1CN(C(=O)c2csc(N)n2)C[C@H](C(C)C)O1. The molecule has 2 N–H and O–H groups in total. The van der Waals surface area contributed by atoms with E-state index >= 15 is 0 Å². The van der Waals surface area contributed by atoms with Crippen LogP contribution in [0.3, 0.4) is 0 Å². The summed E-state index contributed by atoms with van der Waals surface area (Å²) >= 11 is 1.31. The summed E-state index contributed by atoms with van der Waals surface area (Å²) in [6.07, 6.45) is 3.50. The Kier molecular flexibility index (Phi) is 5.58. The topological polar surface area (TPSA) is 68.5 Å². The Hall–Kier alpha value is -1.14. The van der Waals surface area contributed by atoms with E-state index < -0.39 is 0 Å². The average Bonchev–Trinajstić information content (AvgIpc) is 2.90. The summed E-state index contributed by atoms with van der Waals surface area (Å²) in [5.41, 5.74) is 6.08. The molecule has 0 radical (unpaired) electrons. The standard InChI is InChI=1S/C15H25N3O2S/c1-4-5-6-11-7-18(8-13(20-11)10(2)3)14(19)12-9-21-15(16)17-12/h9-11,13H,4-8H2,1-3H3,(H2,16,17)/t11-,13-/m1/s1. The van der Waals surface area contributed by atoms with Gasteiger partial charge in [-0.15, -0.1) is 11.3 Å². The molecule has 1 saturated heterocycles. The molecular weight excluding hydrogens is 286 g/mol. The quantitative estimate of drug-likeness (QED) is 0.908. The van der Waals surface area contributed by atoms with Crippen LogP contribution >= 0.6 is 11.3 Å². The Bertz CT molecular complexity index is 475. The summed E-state index contributed by atoms with van der Waals surface area (Å²) in [6.45, 7) is 7.73. The van der Waals surface area contributed by atoms with Crippen LogP contribution < -0.4 is 5.73 Å². The molecule has 0 bridgehead atoms. The third-order valence-corrected chi connectivity index (χ3v) is 4.52. The number of thiazole rings is 1. The molecule has 5 nitrogen and oxygen atoms in total. The van der Waals surface area contributed by atoms with Crippen molar-refractivity contribution in [2.75, 3.05) is 18.8 Å². The van der Waals surface area contributed by atoms with Crippen LogP contribution in [0.2, 0.25) is 0 Å². The first-order chi connectivity index (χ1) is 10.0. The summed E-state index contributed by atoms with van der Waals surface area (Å²) in [6, 6.07) is 0. The van der Waals surface area contributed by atoms with Crippen molar-refractivity contribution < 1.29 is 9.53 Å². The number of ether oxygens (including phenoxy) is 1. The van der Waals surface area contributed by atoms with Gasteiger partial charge in [0.05, 0.1) is 12.2 Å². The van der Waals surface area contributed by atoms with Crippen molar-refractivity contribution in [2.45, 2.75) is 52.2 Å². The summed E-state index contributed by atoms with van der Waals surface area (Å²) < 4.78 is 6.14. The summed E-state index contributed by atoms with van der Waals surface area (Å²) in [7, 11) is 0. The molecule has 0 unspecified atom stereocenters. The van der Waals surface area contributed by atoms with Crippen LogP contribution in [-0.2, 0) is 4.74 Å². The second-order valence-electron chi connectivity index (χ2n) is 5.96. The minimum atomic E-state index is -0.0293. The molecule has 1 aliphatic heterocycles. The molecule has 21 heavy (non-hydrogen) atoms. The molecule has 1 aromatic heterocycles. The fourth-order valence-electron chi connectivity index (χ4n) is 2.54. The van der Waals surface area contributed by atoms with Crippen molar-refractivity contribution in [3.63, 3.8) is 0 Å². The first kappa shape index (κ1) is 16.2. The number of hydrogen-bond acceptors (Lipinski definition) is 5. The number of unbranched alkanes of at least 4 members (excludes halogenated alkanes) is 1. The van der Waals surface area contributed by atoms with Crippen LogP contribution in [-0.4, -0.2) is 41.1 Å². The molecule has 2 atom stereocenters. The Labute approximate surface area is 130 Å². The number of hydrogen-bond donors (Lipinski definition) is 1. The number of carbonyl (C=O) groups is 1. The van der Waals surface area contributed by atoms with E-state index in [9.17, 15) is 4.79 Å². The average molecular weight is 311 g/mol. The van der Waals surface area contributed by atoms with Gasteiger partial charge in [0.25, 0.3) is 5.91 Å². The number of amides is 1. The smallest absolute Gasteiger partial charge is 0.273 e. The van der Waals surface area contributed by atoms with Gasteiger partial charge in [0.1, 0.15) is 5.69 Å². The number of anilines is 1. The number of nitrogen functional groups attached to an aromatic ring is 1. The normalized spacial score (nSPS) is 22.8. The molecule has 0 aromatic carbocycles. The van der Waals surface area contributed by atoms with Crippen LogP contribution in [0.1, 0.15) is 50.5 Å². The largest absolute Gasteiger partial charge is 0.375 e. The van der Waals surface area contributed by atoms with Crippen LogP contribution in [0.4, 0.5) is 5.13 Å². The number of aromatic nitrogens is 1. The number of morpholine rings is 1. The fraction of sp³-hybridized carbons (Fsp3) is 0.733. The first-order valence-electron chi connectivity index (χ1n) is 7.67. The molecule has 2 rings (SSSR count). The maximum atomic E-state index is 12.6. The highest BCUT2D eigenvalue weighted by Gasteiger charge is 2.32. The maximum Gasteiger partial charge on any atom is 0.273 e. The maximum absolute atomic E-state index is 12.6. The Balaban J connectivity index is 2.07. The molecule has 1 aromatic rings. The third kappa shape index (κ3) is 4.17. The predicted molar refractivity (Wildman–Crippen MR) is 85.5 cm³/mol. The molecule has 2 heterocycles. The van der Waals surface area contributed by atoms with Crippen LogP contribution in [0, 0.1) is 5.92 Å². The fourth-order valence-corrected chi connectivity index (χ4v) is 3.08. The summed E-state index contributed by atoms with van der Waals surface area (Å²) in [5.74, 6) is 0.364. The van der Waals surface area contributed by atoms with Crippen molar-refractivity contribution in [3.8, 4) is 0 Å². The van der Waals surface area contributed by atoms with Gasteiger partial charge in [-0.25, -0.2) is 4.98 Å². The van der Waals surface area contributed by atoms with Crippen molar-refractivity contribution in [1.82, 2.24) is 9.88 Å². The van der Waals surface area contributed by atoms with E-state index in [1.165, 1.54) is 11.3 Å². The number of nitrogens with two attached hydrogens (primary N) is 1.